The van der Waals surface area contributed by atoms with Crippen molar-refractivity contribution in [1.29, 1.82) is 0 Å². The summed E-state index contributed by atoms with van der Waals surface area (Å²) < 4.78 is 8.75. The van der Waals surface area contributed by atoms with Crippen LogP contribution < -0.4 is 0 Å². The predicted molar refractivity (Wildman–Crippen MR) is 365 cm³/mol. The average molecular weight is 1930 g/mol. The Balaban J connectivity index is 0.000000221. The molecule has 12 heteroatoms. The molecule has 0 aliphatic rings. The van der Waals surface area contributed by atoms with Crippen LogP contribution in [0.1, 0.15) is 154 Å². The van der Waals surface area contributed by atoms with Crippen LogP contribution in [-0.2, 0) is 80.4 Å². The van der Waals surface area contributed by atoms with E-state index in [4.69, 9.17) is 0 Å². The molecule has 4 aromatic heterocycles. The maximum Gasteiger partial charge on any atom is 0.0602 e. The molecule has 4 heterocycles. The first-order chi connectivity index (χ1) is 42.4. The molecule has 0 saturated carbocycles. The third-order valence-electron chi connectivity index (χ3n) is 15.8. The number of para-hydroxylation sites is 2. The van der Waals surface area contributed by atoms with Gasteiger partial charge in [0.15, 0.2) is 0 Å². The molecule has 0 N–H and O–H groups in total. The van der Waals surface area contributed by atoms with Crippen molar-refractivity contribution >= 4 is 0 Å². The Labute approximate surface area is 602 Å². The van der Waals surface area contributed by atoms with Gasteiger partial charge in [-0.1, -0.05) is 135 Å². The van der Waals surface area contributed by atoms with Gasteiger partial charge in [0.1, 0.15) is 0 Å². The minimum atomic E-state index is 0. The third-order valence-corrected chi connectivity index (χ3v) is 15.8. The number of nitrogens with zero attached hydrogens (tertiary/aromatic N) is 8. The molecule has 0 unspecified atom stereocenters. The molecule has 92 heavy (non-hydrogen) atoms. The fourth-order valence-electron chi connectivity index (χ4n) is 11.6. The zero-order valence-electron chi connectivity index (χ0n) is 55.4. The van der Waals surface area contributed by atoms with E-state index in [-0.39, 0.29) is 80.4 Å². The van der Waals surface area contributed by atoms with E-state index in [0.717, 1.165) is 45.6 Å². The first-order valence-electron chi connectivity index (χ1n) is 30.9. The van der Waals surface area contributed by atoms with E-state index < -0.39 is 0 Å². The van der Waals surface area contributed by atoms with Crippen molar-refractivity contribution in [2.24, 2.45) is 0 Å². The quantitative estimate of drug-likeness (QED) is 0.108. The van der Waals surface area contributed by atoms with Gasteiger partial charge in [-0.25, -0.2) is 0 Å². The molecule has 0 bridgehead atoms. The average Bonchev–Trinajstić information content (AvgIpc) is 1.58. The Morgan fingerprint density at radius 3 is 0.859 bits per heavy atom. The summed E-state index contributed by atoms with van der Waals surface area (Å²) in [5, 5.41) is 0. The molecule has 0 saturated heterocycles. The van der Waals surface area contributed by atoms with Gasteiger partial charge in [-0.2, -0.15) is 0 Å². The number of imidazole rings is 4. The smallest absolute Gasteiger partial charge is 0.0602 e. The van der Waals surface area contributed by atoms with E-state index in [1.807, 2.05) is 122 Å². The van der Waals surface area contributed by atoms with Crippen molar-refractivity contribution in [3.8, 4) is 68.3 Å². The minimum Gasteiger partial charge on any atom is -0.340 e. The largest absolute Gasteiger partial charge is 0.340 e. The second-order valence-corrected chi connectivity index (χ2v) is 24.2. The van der Waals surface area contributed by atoms with Crippen molar-refractivity contribution in [3.05, 3.63) is 287 Å². The maximum atomic E-state index is 4.65. The number of aryl methyl sites for hydroxylation is 5. The summed E-state index contributed by atoms with van der Waals surface area (Å²) in [5.41, 5.74) is 22.2. The van der Waals surface area contributed by atoms with E-state index in [2.05, 4.69) is 252 Å². The van der Waals surface area contributed by atoms with Crippen molar-refractivity contribution in [2.75, 3.05) is 0 Å². The summed E-state index contributed by atoms with van der Waals surface area (Å²) in [4.78, 5) is 18.2. The topological polar surface area (TPSA) is 71.3 Å². The van der Waals surface area contributed by atoms with Crippen LogP contribution in [0.3, 0.4) is 0 Å². The number of benzene rings is 8. The zero-order valence-corrected chi connectivity index (χ0v) is 65.0. The monoisotopic (exact) mass is 1930 g/mol. The molecule has 12 aromatic rings. The first kappa shape index (κ1) is 75.9. The van der Waals surface area contributed by atoms with Crippen molar-refractivity contribution in [1.82, 2.24) is 38.2 Å². The minimum absolute atomic E-state index is 0. The molecule has 0 amide bonds. The van der Waals surface area contributed by atoms with Crippen LogP contribution >= 0.6 is 0 Å². The van der Waals surface area contributed by atoms with Crippen LogP contribution in [-0.4, -0.2) is 38.2 Å². The zero-order chi connectivity index (χ0) is 62.6. The molecular weight excluding hydrogens is 1840 g/mol. The van der Waals surface area contributed by atoms with Gasteiger partial charge in [-0.15, -0.1) is 144 Å². The van der Waals surface area contributed by atoms with Gasteiger partial charge >= 0.3 is 0 Å². The van der Waals surface area contributed by atoms with Gasteiger partial charge in [0.05, 0.1) is 23.3 Å². The molecule has 8 nitrogen and oxygen atoms in total. The molecule has 8 aromatic carbocycles. The summed E-state index contributed by atoms with van der Waals surface area (Å²) in [6, 6.07) is 67.2. The molecular formula is C80H84Ir4N8-4. The Kier molecular flexibility index (Phi) is 29.3. The van der Waals surface area contributed by atoms with Gasteiger partial charge < -0.3 is 18.3 Å². The van der Waals surface area contributed by atoms with Crippen molar-refractivity contribution < 1.29 is 80.4 Å². The number of hydrogen-bond acceptors (Lipinski definition) is 4. The molecule has 12 rings (SSSR count). The van der Waals surface area contributed by atoms with Crippen molar-refractivity contribution in [3.63, 3.8) is 0 Å². The first-order valence-corrected chi connectivity index (χ1v) is 30.9. The van der Waals surface area contributed by atoms with Crippen LogP contribution in [0.2, 0.25) is 0 Å². The van der Waals surface area contributed by atoms with Crippen LogP contribution in [0.25, 0.3) is 68.3 Å². The Morgan fingerprint density at radius 2 is 0.576 bits per heavy atom. The molecule has 484 valence electrons. The summed E-state index contributed by atoms with van der Waals surface area (Å²) in [6.45, 7) is 33.3. The van der Waals surface area contributed by atoms with Crippen LogP contribution in [0.15, 0.2) is 207 Å². The Bertz CT molecular complexity index is 4100. The molecule has 0 atom stereocenters. The maximum absolute atomic E-state index is 4.65. The molecule has 0 aliphatic heterocycles. The number of aromatic nitrogens is 8. The Morgan fingerprint density at radius 1 is 0.293 bits per heavy atom. The van der Waals surface area contributed by atoms with Gasteiger partial charge in [0, 0.05) is 153 Å². The second kappa shape index (κ2) is 35.5. The molecule has 0 spiro atoms. The fraction of sp³-hybridized carbons (Fsp3) is 0.250. The van der Waals surface area contributed by atoms with Crippen LogP contribution in [0, 0.1) is 58.9 Å². The van der Waals surface area contributed by atoms with E-state index in [1.54, 1.807) is 0 Å². The van der Waals surface area contributed by atoms with Crippen LogP contribution in [0.4, 0.5) is 0 Å². The van der Waals surface area contributed by atoms with E-state index in [9.17, 15) is 0 Å². The number of rotatable bonds is 13. The van der Waals surface area contributed by atoms with Gasteiger partial charge in [-0.3, -0.25) is 19.9 Å². The van der Waals surface area contributed by atoms with Crippen molar-refractivity contribution in [2.45, 2.75) is 133 Å². The summed E-state index contributed by atoms with van der Waals surface area (Å²) >= 11 is 0. The number of hydrogen-bond donors (Lipinski definition) is 0. The van der Waals surface area contributed by atoms with Gasteiger partial charge in [0.2, 0.25) is 0 Å². The molecule has 0 aliphatic carbocycles. The third kappa shape index (κ3) is 17.9. The van der Waals surface area contributed by atoms with E-state index in [1.165, 1.54) is 78.4 Å². The standard InChI is InChI=1S/C24H29N2.C21H23N2.C18H17N2.C17H15N2.4Ir/c1-16(2)20-14-21(17(3)4)23(22(15-20)18(5)6)26-13-12-25-24(26)19-10-8-7-9-11-19;1-15(2)18-11-8-12-19(16(3)4)20(18)23-14-13-22-21(23)17-9-6-5-7-10-17;1-13-11-14(2)17(15(3)12-13)20-10-9-19-18(20)16-7-5-4-6-8-16;1-13-7-6-8-14(2)16(13)19-12-11-18-17(19)15-9-4-3-5-10-15;;;;/h7-10,12-18H,1-6H3;5-9,11-16H,1-4H3;4-7,9-12H,1-3H3;3-9,11-12H,1-2H3;;;;/q4*-1;;;;. The van der Waals surface area contributed by atoms with Crippen LogP contribution in [0.5, 0.6) is 0 Å². The van der Waals surface area contributed by atoms with Gasteiger partial charge in [-0.05, 0) is 114 Å². The predicted octanol–water partition coefficient (Wildman–Crippen LogP) is 20.5. The normalized spacial score (nSPS) is 10.7. The van der Waals surface area contributed by atoms with E-state index >= 15 is 0 Å². The summed E-state index contributed by atoms with van der Waals surface area (Å²) in [6.07, 6.45) is 15.6. The Hall–Kier alpha value is -6.80. The second-order valence-electron chi connectivity index (χ2n) is 24.2. The van der Waals surface area contributed by atoms with E-state index in [0.29, 0.717) is 29.6 Å². The SMILES string of the molecule is CC(C)c1cc(C(C)C)c(-n2ccnc2-c2[c-]cccc2)c(C(C)C)c1.CC(C)c1cccc(C(C)C)c1-n1ccnc1-c1[c-]cccc1.Cc1cc(C)c(-n2ccnc2-c2[c-]cccc2)c(C)c1.Cc1cccc(C)c1-n1ccnc1-c1[c-]cccc1.[Ir].[Ir].[Ir].[Ir]. The molecule has 4 radical (unpaired) electrons. The fourth-order valence-corrected chi connectivity index (χ4v) is 11.6. The molecule has 0 fully saturated rings. The summed E-state index contributed by atoms with van der Waals surface area (Å²) in [7, 11) is 0. The summed E-state index contributed by atoms with van der Waals surface area (Å²) in [5.74, 6) is 6.07. The van der Waals surface area contributed by atoms with Gasteiger partial charge in [0.25, 0.3) is 0 Å².